The summed E-state index contributed by atoms with van der Waals surface area (Å²) in [6.07, 6.45) is 3.04. The molecule has 33 heavy (non-hydrogen) atoms. The van der Waals surface area contributed by atoms with E-state index < -0.39 is 12.0 Å². The Morgan fingerprint density at radius 1 is 1.36 bits per heavy atom. The lowest BCUT2D eigenvalue weighted by atomic mass is 10.1. The summed E-state index contributed by atoms with van der Waals surface area (Å²) in [6, 6.07) is 3.12. The predicted molar refractivity (Wildman–Crippen MR) is 114 cm³/mol. The maximum atomic E-state index is 11.4. The SMILES string of the molecule is CC(C(=O)O)n1cc(Nc2ncc3cc(C#N)n([C@H]4COC[C@@H]4C)c3n2)c(OC2COC2)n1. The van der Waals surface area contributed by atoms with Crippen LogP contribution in [0.2, 0.25) is 0 Å². The smallest absolute Gasteiger partial charge is 0.328 e. The molecular formula is C21H23N7O5. The van der Waals surface area contributed by atoms with Crippen LogP contribution in [0.15, 0.2) is 18.5 Å². The molecule has 0 aliphatic carbocycles. The number of nitriles is 1. The largest absolute Gasteiger partial charge is 0.480 e. The zero-order valence-electron chi connectivity index (χ0n) is 18.1. The lowest BCUT2D eigenvalue weighted by molar-refractivity contribution is -0.140. The van der Waals surface area contributed by atoms with Gasteiger partial charge in [0.25, 0.3) is 5.88 Å². The van der Waals surface area contributed by atoms with Gasteiger partial charge in [-0.05, 0) is 13.0 Å². The van der Waals surface area contributed by atoms with Crippen LogP contribution >= 0.6 is 0 Å². The quantitative estimate of drug-likeness (QED) is 0.543. The number of anilines is 2. The molecule has 12 heteroatoms. The summed E-state index contributed by atoms with van der Waals surface area (Å²) >= 11 is 0. The second kappa shape index (κ2) is 8.34. The molecule has 172 valence electrons. The molecule has 0 radical (unpaired) electrons. The Labute approximate surface area is 188 Å². The van der Waals surface area contributed by atoms with Crippen molar-refractivity contribution >= 4 is 28.6 Å². The summed E-state index contributed by atoms with van der Waals surface area (Å²) in [7, 11) is 0. The first kappa shape index (κ1) is 21.2. The summed E-state index contributed by atoms with van der Waals surface area (Å²) in [4.78, 5) is 20.5. The van der Waals surface area contributed by atoms with E-state index >= 15 is 0 Å². The van der Waals surface area contributed by atoms with Crippen molar-refractivity contribution in [2.45, 2.75) is 32.0 Å². The summed E-state index contributed by atoms with van der Waals surface area (Å²) in [5.74, 6) is -0.268. The number of fused-ring (bicyclic) bond motifs is 1. The third kappa shape index (κ3) is 3.85. The van der Waals surface area contributed by atoms with Crippen LogP contribution in [0.25, 0.3) is 11.0 Å². The highest BCUT2D eigenvalue weighted by Crippen LogP contribution is 2.33. The average molecular weight is 453 g/mol. The third-order valence-electron chi connectivity index (χ3n) is 5.93. The van der Waals surface area contributed by atoms with E-state index in [0.717, 1.165) is 5.39 Å². The number of aromatic nitrogens is 5. The topological polar surface area (TPSA) is 149 Å². The second-order valence-corrected chi connectivity index (χ2v) is 8.31. The Bertz CT molecular complexity index is 1240. The molecule has 0 saturated carbocycles. The van der Waals surface area contributed by atoms with Gasteiger partial charge in [0.05, 0.1) is 38.7 Å². The number of hydrogen-bond acceptors (Lipinski definition) is 9. The van der Waals surface area contributed by atoms with Crippen LogP contribution in [0.1, 0.15) is 31.6 Å². The molecule has 2 aliphatic rings. The molecule has 5 heterocycles. The molecule has 2 aliphatic heterocycles. The molecule has 0 amide bonds. The van der Waals surface area contributed by atoms with E-state index in [0.29, 0.717) is 43.5 Å². The molecule has 3 aromatic heterocycles. The number of carboxylic acids is 1. The Hall–Kier alpha value is -3.69. The normalized spacial score (nSPS) is 21.5. The zero-order chi connectivity index (χ0) is 23.1. The van der Waals surface area contributed by atoms with Crippen LogP contribution in [-0.2, 0) is 14.3 Å². The molecule has 2 saturated heterocycles. The Morgan fingerprint density at radius 3 is 2.79 bits per heavy atom. The minimum atomic E-state index is -1.02. The van der Waals surface area contributed by atoms with Crippen LogP contribution in [-0.4, -0.2) is 67.9 Å². The van der Waals surface area contributed by atoms with E-state index in [9.17, 15) is 15.2 Å². The lowest BCUT2D eigenvalue weighted by Crippen LogP contribution is -2.38. The maximum absolute atomic E-state index is 11.4. The van der Waals surface area contributed by atoms with Crippen molar-refractivity contribution in [3.63, 3.8) is 0 Å². The van der Waals surface area contributed by atoms with Crippen molar-refractivity contribution in [1.29, 1.82) is 5.26 Å². The van der Waals surface area contributed by atoms with Gasteiger partial charge >= 0.3 is 5.97 Å². The van der Waals surface area contributed by atoms with Gasteiger partial charge in [-0.15, -0.1) is 5.10 Å². The number of hydrogen-bond donors (Lipinski definition) is 2. The second-order valence-electron chi connectivity index (χ2n) is 8.31. The van der Waals surface area contributed by atoms with Gasteiger partial charge < -0.3 is 29.2 Å². The molecular weight excluding hydrogens is 430 g/mol. The highest BCUT2D eigenvalue weighted by Gasteiger charge is 2.30. The van der Waals surface area contributed by atoms with E-state index in [1.807, 2.05) is 4.57 Å². The molecule has 1 unspecified atom stereocenters. The number of carboxylic acid groups (broad SMARTS) is 1. The van der Waals surface area contributed by atoms with Gasteiger partial charge in [0.2, 0.25) is 5.95 Å². The minimum absolute atomic E-state index is 0.00317. The number of ether oxygens (including phenoxy) is 3. The van der Waals surface area contributed by atoms with Gasteiger partial charge in [0, 0.05) is 17.5 Å². The fraction of sp³-hybridized carbons (Fsp3) is 0.476. The minimum Gasteiger partial charge on any atom is -0.480 e. The molecule has 5 rings (SSSR count). The molecule has 2 fully saturated rings. The number of nitrogens with zero attached hydrogens (tertiary/aromatic N) is 6. The molecule has 0 spiro atoms. The summed E-state index contributed by atoms with van der Waals surface area (Å²) < 4.78 is 19.8. The molecule has 2 N–H and O–H groups in total. The van der Waals surface area contributed by atoms with Gasteiger partial charge in [-0.25, -0.2) is 9.78 Å². The van der Waals surface area contributed by atoms with Crippen molar-refractivity contribution in [3.05, 3.63) is 24.2 Å². The Balaban J connectivity index is 1.51. The summed E-state index contributed by atoms with van der Waals surface area (Å²) in [5, 5.41) is 27.2. The number of carbonyl (C=O) groups is 1. The fourth-order valence-corrected chi connectivity index (χ4v) is 3.89. The molecule has 3 aromatic rings. The maximum Gasteiger partial charge on any atom is 0.328 e. The standard InChI is InChI=1S/C21H23N7O5/c1-11-7-31-10-17(11)28-14(4-22)3-13-5-23-21(25-18(13)28)24-16-6-27(12(2)20(29)30)26-19(16)33-15-8-32-9-15/h3,5-6,11-12,15,17H,7-10H2,1-2H3,(H,29,30)(H,23,24,25)/t11-,12?,17-/m0/s1. The van der Waals surface area contributed by atoms with E-state index in [4.69, 9.17) is 14.2 Å². The summed E-state index contributed by atoms with van der Waals surface area (Å²) in [6.45, 7) is 5.62. The van der Waals surface area contributed by atoms with Crippen molar-refractivity contribution < 1.29 is 24.1 Å². The first-order valence-electron chi connectivity index (χ1n) is 10.6. The number of nitrogens with one attached hydrogen (secondary N) is 1. The highest BCUT2D eigenvalue weighted by molar-refractivity contribution is 5.79. The third-order valence-corrected chi connectivity index (χ3v) is 5.93. The molecule has 0 aromatic carbocycles. The molecule has 3 atom stereocenters. The van der Waals surface area contributed by atoms with Gasteiger partial charge in [-0.3, -0.25) is 4.68 Å². The monoisotopic (exact) mass is 453 g/mol. The van der Waals surface area contributed by atoms with E-state index in [2.05, 4.69) is 33.4 Å². The van der Waals surface area contributed by atoms with Crippen molar-refractivity contribution in [2.75, 3.05) is 31.7 Å². The first-order valence-corrected chi connectivity index (χ1v) is 10.6. The fourth-order valence-electron chi connectivity index (χ4n) is 3.89. The van der Waals surface area contributed by atoms with Crippen LogP contribution in [0.3, 0.4) is 0 Å². The van der Waals surface area contributed by atoms with E-state index in [1.165, 1.54) is 11.6 Å². The van der Waals surface area contributed by atoms with Gasteiger partial charge in [-0.2, -0.15) is 10.2 Å². The van der Waals surface area contributed by atoms with E-state index in [-0.39, 0.29) is 29.9 Å². The zero-order valence-corrected chi connectivity index (χ0v) is 18.1. The van der Waals surface area contributed by atoms with Crippen molar-refractivity contribution in [1.82, 2.24) is 24.3 Å². The Morgan fingerprint density at radius 2 is 2.15 bits per heavy atom. The van der Waals surface area contributed by atoms with E-state index in [1.54, 1.807) is 18.5 Å². The number of rotatable bonds is 7. The van der Waals surface area contributed by atoms with Crippen LogP contribution in [0, 0.1) is 17.2 Å². The Kier molecular flexibility index (Phi) is 5.35. The van der Waals surface area contributed by atoms with Crippen molar-refractivity contribution in [2.24, 2.45) is 5.92 Å². The van der Waals surface area contributed by atoms with Crippen LogP contribution in [0.5, 0.6) is 5.88 Å². The lowest BCUT2D eigenvalue weighted by Gasteiger charge is -2.25. The highest BCUT2D eigenvalue weighted by atomic mass is 16.6. The summed E-state index contributed by atoms with van der Waals surface area (Å²) in [5.41, 5.74) is 1.55. The predicted octanol–water partition coefficient (Wildman–Crippen LogP) is 1.87. The van der Waals surface area contributed by atoms with Gasteiger partial charge in [0.1, 0.15) is 35.2 Å². The number of aliphatic carboxylic acids is 1. The van der Waals surface area contributed by atoms with Gasteiger partial charge in [-0.1, -0.05) is 6.92 Å². The molecule has 12 nitrogen and oxygen atoms in total. The average Bonchev–Trinajstić information content (AvgIpc) is 3.46. The van der Waals surface area contributed by atoms with Crippen LogP contribution in [0.4, 0.5) is 11.6 Å². The molecule has 0 bridgehead atoms. The van der Waals surface area contributed by atoms with Crippen molar-refractivity contribution in [3.8, 4) is 11.9 Å². The first-order chi connectivity index (χ1) is 15.9. The van der Waals surface area contributed by atoms with Gasteiger partial charge in [0.15, 0.2) is 0 Å². The van der Waals surface area contributed by atoms with Crippen LogP contribution < -0.4 is 10.1 Å².